The van der Waals surface area contributed by atoms with Crippen LogP contribution in [0.25, 0.3) is 0 Å². The third-order valence-electron chi connectivity index (χ3n) is 3.04. The Morgan fingerprint density at radius 2 is 2.33 bits per heavy atom. The van der Waals surface area contributed by atoms with Crippen molar-refractivity contribution in [2.45, 2.75) is 42.9 Å². The smallest absolute Gasteiger partial charge is 0.143 e. The van der Waals surface area contributed by atoms with Gasteiger partial charge in [-0.15, -0.1) is 11.8 Å². The van der Waals surface area contributed by atoms with Crippen LogP contribution in [-0.2, 0) is 4.74 Å². The van der Waals surface area contributed by atoms with E-state index in [1.807, 2.05) is 23.9 Å². The summed E-state index contributed by atoms with van der Waals surface area (Å²) in [4.78, 5) is 1.21. The number of anilines is 1. The maximum atomic E-state index is 5.91. The van der Waals surface area contributed by atoms with Crippen LogP contribution in [0.15, 0.2) is 23.1 Å². The molecule has 18 heavy (non-hydrogen) atoms. The first kappa shape index (κ1) is 13.6. The molecule has 1 aliphatic rings. The number of thioether (sulfide) groups is 1. The van der Waals surface area contributed by atoms with Crippen LogP contribution in [0.3, 0.4) is 0 Å². The van der Waals surface area contributed by atoms with Gasteiger partial charge in [-0.3, -0.25) is 0 Å². The molecule has 0 aromatic heterocycles. The standard InChI is InChI=1S/C14H21NO2S/c1-3-7-17-13-9-11(4-5-12(13)15)18-14-6-8-16-10(14)2/h4-5,9-10,14H,3,6-8,15H2,1-2H3. The summed E-state index contributed by atoms with van der Waals surface area (Å²) in [5.41, 5.74) is 6.62. The van der Waals surface area contributed by atoms with Crippen molar-refractivity contribution in [1.82, 2.24) is 0 Å². The van der Waals surface area contributed by atoms with Gasteiger partial charge in [-0.25, -0.2) is 0 Å². The molecule has 0 bridgehead atoms. The Kier molecular flexibility index (Phi) is 4.78. The molecule has 100 valence electrons. The van der Waals surface area contributed by atoms with Gasteiger partial charge in [0.1, 0.15) is 5.75 Å². The summed E-state index contributed by atoms with van der Waals surface area (Å²) in [5, 5.41) is 0.535. The summed E-state index contributed by atoms with van der Waals surface area (Å²) in [5.74, 6) is 0.799. The fourth-order valence-electron chi connectivity index (χ4n) is 1.97. The molecule has 0 radical (unpaired) electrons. The molecule has 1 heterocycles. The van der Waals surface area contributed by atoms with E-state index < -0.39 is 0 Å². The zero-order valence-corrected chi connectivity index (χ0v) is 11.8. The Balaban J connectivity index is 2.04. The molecule has 4 heteroatoms. The van der Waals surface area contributed by atoms with Crippen LogP contribution in [0.2, 0.25) is 0 Å². The molecule has 2 N–H and O–H groups in total. The van der Waals surface area contributed by atoms with Gasteiger partial charge in [0.25, 0.3) is 0 Å². The van der Waals surface area contributed by atoms with Gasteiger partial charge in [-0.2, -0.15) is 0 Å². The van der Waals surface area contributed by atoms with Crippen LogP contribution >= 0.6 is 11.8 Å². The van der Waals surface area contributed by atoms with Crippen molar-refractivity contribution in [2.75, 3.05) is 18.9 Å². The van der Waals surface area contributed by atoms with Gasteiger partial charge in [0.05, 0.1) is 18.4 Å². The number of benzene rings is 1. The van der Waals surface area contributed by atoms with Gasteiger partial charge < -0.3 is 15.2 Å². The SMILES string of the molecule is CCCOc1cc(SC2CCOC2C)ccc1N. The van der Waals surface area contributed by atoms with Gasteiger partial charge in [0, 0.05) is 16.8 Å². The van der Waals surface area contributed by atoms with Crippen molar-refractivity contribution in [1.29, 1.82) is 0 Å². The summed E-state index contributed by atoms with van der Waals surface area (Å²) < 4.78 is 11.2. The minimum absolute atomic E-state index is 0.326. The summed E-state index contributed by atoms with van der Waals surface area (Å²) >= 11 is 1.86. The molecule has 1 aromatic carbocycles. The van der Waals surface area contributed by atoms with E-state index in [-0.39, 0.29) is 0 Å². The molecule has 0 spiro atoms. The lowest BCUT2D eigenvalue weighted by atomic mass is 10.2. The highest BCUT2D eigenvalue weighted by Crippen LogP contribution is 2.35. The Morgan fingerprint density at radius 3 is 3.00 bits per heavy atom. The van der Waals surface area contributed by atoms with Crippen molar-refractivity contribution in [2.24, 2.45) is 0 Å². The monoisotopic (exact) mass is 267 g/mol. The molecular weight excluding hydrogens is 246 g/mol. The lowest BCUT2D eigenvalue weighted by molar-refractivity contribution is 0.127. The molecule has 0 amide bonds. The lowest BCUT2D eigenvalue weighted by Gasteiger charge is -2.15. The molecular formula is C14H21NO2S. The van der Waals surface area contributed by atoms with Crippen molar-refractivity contribution in [3.8, 4) is 5.75 Å². The van der Waals surface area contributed by atoms with Crippen LogP contribution in [0.4, 0.5) is 5.69 Å². The van der Waals surface area contributed by atoms with E-state index in [2.05, 4.69) is 19.9 Å². The van der Waals surface area contributed by atoms with Crippen molar-refractivity contribution >= 4 is 17.4 Å². The average molecular weight is 267 g/mol. The van der Waals surface area contributed by atoms with Crippen molar-refractivity contribution in [3.05, 3.63) is 18.2 Å². The van der Waals surface area contributed by atoms with Crippen LogP contribution in [-0.4, -0.2) is 24.6 Å². The summed E-state index contributed by atoms with van der Waals surface area (Å²) in [6, 6.07) is 6.03. The minimum atomic E-state index is 0.326. The Bertz CT molecular complexity index is 397. The number of ether oxygens (including phenoxy) is 2. The molecule has 1 saturated heterocycles. The minimum Gasteiger partial charge on any atom is -0.491 e. The number of nitrogens with two attached hydrogens (primary N) is 1. The highest BCUT2D eigenvalue weighted by atomic mass is 32.2. The van der Waals surface area contributed by atoms with E-state index in [0.29, 0.717) is 23.6 Å². The summed E-state index contributed by atoms with van der Waals surface area (Å²) in [7, 11) is 0. The largest absolute Gasteiger partial charge is 0.491 e. The molecule has 2 rings (SSSR count). The van der Waals surface area contributed by atoms with E-state index in [9.17, 15) is 0 Å². The predicted molar refractivity (Wildman–Crippen MR) is 76.3 cm³/mol. The third kappa shape index (κ3) is 3.33. The van der Waals surface area contributed by atoms with Gasteiger partial charge in [0.2, 0.25) is 0 Å². The van der Waals surface area contributed by atoms with Crippen molar-refractivity contribution < 1.29 is 9.47 Å². The van der Waals surface area contributed by atoms with Crippen LogP contribution < -0.4 is 10.5 Å². The van der Waals surface area contributed by atoms with Crippen LogP contribution in [0.5, 0.6) is 5.75 Å². The van der Waals surface area contributed by atoms with Gasteiger partial charge in [-0.05, 0) is 38.0 Å². The maximum absolute atomic E-state index is 5.91. The van der Waals surface area contributed by atoms with E-state index in [1.54, 1.807) is 0 Å². The van der Waals surface area contributed by atoms with Gasteiger partial charge in [0.15, 0.2) is 0 Å². The predicted octanol–water partition coefficient (Wildman–Crippen LogP) is 3.33. The second kappa shape index (κ2) is 6.34. The molecule has 3 nitrogen and oxygen atoms in total. The molecule has 2 atom stereocenters. The quantitative estimate of drug-likeness (QED) is 0.831. The first-order chi connectivity index (χ1) is 8.70. The zero-order chi connectivity index (χ0) is 13.0. The topological polar surface area (TPSA) is 44.5 Å². The molecule has 0 aliphatic carbocycles. The molecule has 1 fully saturated rings. The van der Waals surface area contributed by atoms with E-state index in [1.165, 1.54) is 4.90 Å². The maximum Gasteiger partial charge on any atom is 0.143 e. The lowest BCUT2D eigenvalue weighted by Crippen LogP contribution is -2.13. The summed E-state index contributed by atoms with van der Waals surface area (Å²) in [6.45, 7) is 5.80. The van der Waals surface area contributed by atoms with Crippen LogP contribution in [0, 0.1) is 0 Å². The highest BCUT2D eigenvalue weighted by molar-refractivity contribution is 8.00. The Hall–Kier alpha value is -0.870. The van der Waals surface area contributed by atoms with Crippen LogP contribution in [0.1, 0.15) is 26.7 Å². The number of hydrogen-bond donors (Lipinski definition) is 1. The molecule has 2 unspecified atom stereocenters. The molecule has 1 aliphatic heterocycles. The number of hydrogen-bond acceptors (Lipinski definition) is 4. The van der Waals surface area contributed by atoms with Crippen molar-refractivity contribution in [3.63, 3.8) is 0 Å². The second-order valence-corrected chi connectivity index (χ2v) is 5.88. The first-order valence-corrected chi connectivity index (χ1v) is 7.39. The van der Waals surface area contributed by atoms with Gasteiger partial charge in [-0.1, -0.05) is 6.92 Å². The normalized spacial score (nSPS) is 23.2. The second-order valence-electron chi connectivity index (χ2n) is 4.57. The first-order valence-electron chi connectivity index (χ1n) is 6.51. The van der Waals surface area contributed by atoms with Gasteiger partial charge >= 0.3 is 0 Å². The summed E-state index contributed by atoms with van der Waals surface area (Å²) in [6.07, 6.45) is 2.43. The average Bonchev–Trinajstić information content (AvgIpc) is 2.76. The molecule has 0 saturated carbocycles. The highest BCUT2D eigenvalue weighted by Gasteiger charge is 2.25. The van der Waals surface area contributed by atoms with E-state index in [4.69, 9.17) is 15.2 Å². The zero-order valence-electron chi connectivity index (χ0n) is 11.0. The molecule has 1 aromatic rings. The Morgan fingerprint density at radius 1 is 1.50 bits per heavy atom. The number of nitrogen functional groups attached to an aromatic ring is 1. The van der Waals surface area contributed by atoms with E-state index in [0.717, 1.165) is 25.2 Å². The fraction of sp³-hybridized carbons (Fsp3) is 0.571. The van der Waals surface area contributed by atoms with E-state index >= 15 is 0 Å². The third-order valence-corrected chi connectivity index (χ3v) is 4.49. The fourth-order valence-corrected chi connectivity index (χ4v) is 3.12. The number of rotatable bonds is 5. The Labute approximate surface area is 113 Å².